The Hall–Kier alpha value is -1.90. The Labute approximate surface area is 165 Å². The predicted octanol–water partition coefficient (Wildman–Crippen LogP) is 3.33. The van der Waals surface area contributed by atoms with E-state index in [-0.39, 0.29) is 24.0 Å². The van der Waals surface area contributed by atoms with Crippen molar-refractivity contribution in [1.29, 1.82) is 0 Å². The van der Waals surface area contributed by atoms with Crippen LogP contribution in [-0.4, -0.2) is 29.9 Å². The van der Waals surface area contributed by atoms with Crippen LogP contribution in [0.4, 0.5) is 5.69 Å². The van der Waals surface area contributed by atoms with Crippen molar-refractivity contribution in [2.45, 2.75) is 26.3 Å². The van der Waals surface area contributed by atoms with E-state index in [1.807, 2.05) is 25.1 Å². The van der Waals surface area contributed by atoms with E-state index in [9.17, 15) is 4.79 Å². The van der Waals surface area contributed by atoms with Crippen LogP contribution in [0.15, 0.2) is 32.1 Å². The number of hydrogen-bond acceptors (Lipinski definition) is 6. The summed E-state index contributed by atoms with van der Waals surface area (Å²) in [6.07, 6.45) is 0. The Morgan fingerprint density at radius 2 is 2.08 bits per heavy atom. The largest absolute Gasteiger partial charge is 0.445 e. The van der Waals surface area contributed by atoms with Crippen LogP contribution in [0.1, 0.15) is 34.6 Å². The maximum absolute atomic E-state index is 12.5. The molecule has 26 heavy (non-hydrogen) atoms. The SMILES string of the molecule is Cc1nc(C(=O)Nc2cc(Br)cc([C@]3(C)COCC(N)=N3)c2)c(C)o1.Cl. The van der Waals surface area contributed by atoms with E-state index in [2.05, 4.69) is 31.2 Å². The molecule has 1 amide bonds. The van der Waals surface area contributed by atoms with Crippen LogP contribution in [0.3, 0.4) is 0 Å². The molecule has 0 aliphatic carbocycles. The van der Waals surface area contributed by atoms with Gasteiger partial charge < -0.3 is 20.2 Å². The molecule has 2 heterocycles. The fraction of sp³-hybridized carbons (Fsp3) is 0.353. The first-order chi connectivity index (χ1) is 11.8. The minimum atomic E-state index is -0.605. The zero-order chi connectivity index (χ0) is 18.2. The number of nitrogens with zero attached hydrogens (tertiary/aromatic N) is 2. The van der Waals surface area contributed by atoms with Crippen molar-refractivity contribution in [3.63, 3.8) is 0 Å². The monoisotopic (exact) mass is 442 g/mol. The molecule has 0 fully saturated rings. The maximum atomic E-state index is 12.5. The number of oxazole rings is 1. The molecular weight excluding hydrogens is 424 g/mol. The molecule has 0 bridgehead atoms. The molecule has 0 saturated carbocycles. The molecule has 1 aromatic carbocycles. The fourth-order valence-electron chi connectivity index (χ4n) is 2.79. The minimum absolute atomic E-state index is 0. The summed E-state index contributed by atoms with van der Waals surface area (Å²) in [5.74, 6) is 1.06. The number of nitrogens with two attached hydrogens (primary N) is 1. The van der Waals surface area contributed by atoms with Crippen molar-refractivity contribution in [1.82, 2.24) is 4.98 Å². The van der Waals surface area contributed by atoms with E-state index >= 15 is 0 Å². The van der Waals surface area contributed by atoms with Crippen LogP contribution in [0.2, 0.25) is 0 Å². The summed E-state index contributed by atoms with van der Waals surface area (Å²) in [5, 5.41) is 2.85. The van der Waals surface area contributed by atoms with Gasteiger partial charge in [-0.3, -0.25) is 9.79 Å². The molecule has 3 N–H and O–H groups in total. The Morgan fingerprint density at radius 1 is 1.35 bits per heavy atom. The molecule has 2 aromatic rings. The summed E-state index contributed by atoms with van der Waals surface area (Å²) in [4.78, 5) is 21.1. The summed E-state index contributed by atoms with van der Waals surface area (Å²) in [7, 11) is 0. The maximum Gasteiger partial charge on any atom is 0.277 e. The van der Waals surface area contributed by atoms with Crippen molar-refractivity contribution >= 4 is 45.8 Å². The standard InChI is InChI=1S/C17H19BrN4O3.ClH/c1-9-15(20-10(2)25-9)16(23)21-13-5-11(4-12(18)6-13)17(3)8-24-7-14(19)22-17;/h4-6H,7-8H2,1-3H3,(H2,19,22)(H,21,23);1H/t17-;/m0./s1. The van der Waals surface area contributed by atoms with E-state index < -0.39 is 5.54 Å². The number of anilines is 1. The molecule has 3 rings (SSSR count). The van der Waals surface area contributed by atoms with E-state index in [4.69, 9.17) is 14.9 Å². The quantitative estimate of drug-likeness (QED) is 0.757. The normalized spacial score (nSPS) is 19.5. The smallest absolute Gasteiger partial charge is 0.277 e. The molecule has 1 atom stereocenters. The van der Waals surface area contributed by atoms with Gasteiger partial charge in [-0.05, 0) is 37.6 Å². The fourth-order valence-corrected chi connectivity index (χ4v) is 3.28. The number of aryl methyl sites for hydroxylation is 2. The van der Waals surface area contributed by atoms with Crippen LogP contribution in [0.25, 0.3) is 0 Å². The van der Waals surface area contributed by atoms with E-state index in [0.717, 1.165) is 10.0 Å². The highest BCUT2D eigenvalue weighted by atomic mass is 79.9. The lowest BCUT2D eigenvalue weighted by atomic mass is 9.92. The zero-order valence-electron chi connectivity index (χ0n) is 14.6. The number of benzene rings is 1. The summed E-state index contributed by atoms with van der Waals surface area (Å²) in [5.41, 5.74) is 6.99. The molecule has 9 heteroatoms. The van der Waals surface area contributed by atoms with Gasteiger partial charge in [0.15, 0.2) is 11.6 Å². The minimum Gasteiger partial charge on any atom is -0.445 e. The summed E-state index contributed by atoms with van der Waals surface area (Å²) >= 11 is 3.48. The number of aromatic nitrogens is 1. The molecule has 140 valence electrons. The van der Waals surface area contributed by atoms with Crippen LogP contribution in [0, 0.1) is 13.8 Å². The van der Waals surface area contributed by atoms with Crippen molar-refractivity contribution in [3.05, 3.63) is 45.6 Å². The van der Waals surface area contributed by atoms with E-state index in [1.54, 1.807) is 13.8 Å². The number of amides is 1. The number of ether oxygens (including phenoxy) is 1. The lowest BCUT2D eigenvalue weighted by molar-refractivity contribution is 0.102. The Bertz CT molecular complexity index is 868. The van der Waals surface area contributed by atoms with Gasteiger partial charge in [-0.25, -0.2) is 4.98 Å². The molecule has 0 unspecified atom stereocenters. The molecule has 7 nitrogen and oxygen atoms in total. The van der Waals surface area contributed by atoms with Crippen molar-refractivity contribution < 1.29 is 13.9 Å². The van der Waals surface area contributed by atoms with Crippen LogP contribution in [0.5, 0.6) is 0 Å². The number of carbonyl (C=O) groups excluding carboxylic acids is 1. The summed E-state index contributed by atoms with van der Waals surface area (Å²) in [6.45, 7) is 6.10. The average molecular weight is 444 g/mol. The highest BCUT2D eigenvalue weighted by Crippen LogP contribution is 2.32. The van der Waals surface area contributed by atoms with Gasteiger partial charge >= 0.3 is 0 Å². The first-order valence-corrected chi connectivity index (χ1v) is 8.54. The van der Waals surface area contributed by atoms with Gasteiger partial charge in [0.1, 0.15) is 23.7 Å². The molecule has 0 saturated heterocycles. The number of hydrogen-bond donors (Lipinski definition) is 2. The van der Waals surface area contributed by atoms with Gasteiger partial charge in [0, 0.05) is 17.1 Å². The van der Waals surface area contributed by atoms with Gasteiger partial charge in [0.25, 0.3) is 5.91 Å². The lowest BCUT2D eigenvalue weighted by Crippen LogP contribution is -2.37. The first kappa shape index (κ1) is 20.4. The molecule has 0 spiro atoms. The van der Waals surface area contributed by atoms with Gasteiger partial charge in [0.2, 0.25) is 0 Å². The Morgan fingerprint density at radius 3 is 2.69 bits per heavy atom. The summed E-state index contributed by atoms with van der Waals surface area (Å²) < 4.78 is 11.6. The number of carbonyl (C=O) groups is 1. The van der Waals surface area contributed by atoms with Gasteiger partial charge in [0.05, 0.1) is 6.61 Å². The van der Waals surface area contributed by atoms with Crippen molar-refractivity contribution in [2.75, 3.05) is 18.5 Å². The highest BCUT2D eigenvalue weighted by molar-refractivity contribution is 9.10. The van der Waals surface area contributed by atoms with Crippen molar-refractivity contribution in [2.24, 2.45) is 10.7 Å². The predicted molar refractivity (Wildman–Crippen MR) is 105 cm³/mol. The lowest BCUT2D eigenvalue weighted by Gasteiger charge is -2.30. The summed E-state index contributed by atoms with van der Waals surface area (Å²) in [6, 6.07) is 5.60. The molecule has 0 radical (unpaired) electrons. The van der Waals surface area contributed by atoms with Crippen LogP contribution < -0.4 is 11.1 Å². The number of rotatable bonds is 3. The van der Waals surface area contributed by atoms with Crippen LogP contribution >= 0.6 is 28.3 Å². The topological polar surface area (TPSA) is 103 Å². The number of amidine groups is 1. The van der Waals surface area contributed by atoms with E-state index in [0.29, 0.717) is 36.4 Å². The zero-order valence-corrected chi connectivity index (χ0v) is 17.0. The highest BCUT2D eigenvalue weighted by Gasteiger charge is 2.30. The van der Waals surface area contributed by atoms with E-state index in [1.165, 1.54) is 0 Å². The molecule has 1 aromatic heterocycles. The molecule has 1 aliphatic heterocycles. The van der Waals surface area contributed by atoms with Gasteiger partial charge in [-0.2, -0.15) is 0 Å². The third-order valence-electron chi connectivity index (χ3n) is 3.92. The molecule has 1 aliphatic rings. The number of halogens is 2. The molecular formula is C17H20BrClN4O3. The van der Waals surface area contributed by atoms with Crippen LogP contribution in [-0.2, 0) is 10.3 Å². The Balaban J connectivity index is 0.00000243. The third kappa shape index (κ3) is 4.25. The number of nitrogens with one attached hydrogen (secondary N) is 1. The van der Waals surface area contributed by atoms with Gasteiger partial charge in [-0.15, -0.1) is 12.4 Å². The second kappa shape index (κ2) is 7.77. The Kier molecular flexibility index (Phi) is 6.10. The third-order valence-corrected chi connectivity index (χ3v) is 4.38. The van der Waals surface area contributed by atoms with Gasteiger partial charge in [-0.1, -0.05) is 15.9 Å². The second-order valence-corrected chi connectivity index (χ2v) is 7.11. The first-order valence-electron chi connectivity index (χ1n) is 7.75. The van der Waals surface area contributed by atoms with Crippen molar-refractivity contribution in [3.8, 4) is 0 Å². The number of aliphatic imine (C=N–C) groups is 1. The average Bonchev–Trinajstić information content (AvgIpc) is 2.85. The second-order valence-electron chi connectivity index (χ2n) is 6.19.